The number of benzene rings is 1. The maximum absolute atomic E-state index is 12.3. The minimum absolute atomic E-state index is 0.0518. The first kappa shape index (κ1) is 14.6. The molecule has 110 valence electrons. The Morgan fingerprint density at radius 3 is 2.71 bits per heavy atom. The Balaban J connectivity index is 1.81. The van der Waals surface area contributed by atoms with Gasteiger partial charge in [-0.1, -0.05) is 23.2 Å². The lowest BCUT2D eigenvalue weighted by Crippen LogP contribution is -2.29. The number of rotatable bonds is 2. The highest BCUT2D eigenvalue weighted by Gasteiger charge is 2.34. The molecule has 0 unspecified atom stereocenters. The van der Waals surface area contributed by atoms with Crippen molar-refractivity contribution in [3.8, 4) is 0 Å². The molecule has 0 radical (unpaired) electrons. The second-order valence-corrected chi connectivity index (χ2v) is 6.39. The van der Waals surface area contributed by atoms with Gasteiger partial charge in [0.1, 0.15) is 4.91 Å². The molecule has 1 aromatic carbocycles. The number of aliphatic imine (C=N–C) groups is 1. The molecule has 0 atom stereocenters. The van der Waals surface area contributed by atoms with Gasteiger partial charge in [0.2, 0.25) is 5.88 Å². The fourth-order valence-electron chi connectivity index (χ4n) is 2.09. The minimum atomic E-state index is -0.409. The Morgan fingerprint density at radius 2 is 2.05 bits per heavy atom. The smallest absolute Gasteiger partial charge is 0.268 e. The first-order chi connectivity index (χ1) is 10.0. The Morgan fingerprint density at radius 1 is 1.33 bits per heavy atom. The number of carbonyl (C=O) groups excluding carboxylic acids is 1. The van der Waals surface area contributed by atoms with E-state index in [0.717, 1.165) is 6.42 Å². The van der Waals surface area contributed by atoms with Crippen molar-refractivity contribution in [3.63, 3.8) is 0 Å². The average molecular weight is 344 g/mol. The number of anilines is 1. The number of fused-ring (bicyclic) bond motifs is 1. The van der Waals surface area contributed by atoms with Crippen LogP contribution in [0.4, 0.5) is 5.69 Å². The molecule has 0 saturated carbocycles. The van der Waals surface area contributed by atoms with Crippen molar-refractivity contribution in [2.24, 2.45) is 4.99 Å². The van der Waals surface area contributed by atoms with Crippen molar-refractivity contribution in [3.05, 3.63) is 39.0 Å². The summed E-state index contributed by atoms with van der Waals surface area (Å²) < 4.78 is 0. The summed E-state index contributed by atoms with van der Waals surface area (Å²) in [6.45, 7) is 1.38. The Bertz CT molecular complexity index is 655. The number of hydrogen-bond acceptors (Lipinski definition) is 5. The van der Waals surface area contributed by atoms with Gasteiger partial charge in [0.15, 0.2) is 5.17 Å². The summed E-state index contributed by atoms with van der Waals surface area (Å²) in [5.41, 5.74) is 0.477. The molecule has 2 aliphatic heterocycles. The predicted octanol–water partition coefficient (Wildman–Crippen LogP) is 3.47. The van der Waals surface area contributed by atoms with Gasteiger partial charge in [0.05, 0.1) is 0 Å². The van der Waals surface area contributed by atoms with Gasteiger partial charge in [0, 0.05) is 28.8 Å². The van der Waals surface area contributed by atoms with Gasteiger partial charge in [-0.15, -0.1) is 0 Å². The number of nitrogens with zero attached hydrogens (tertiary/aromatic N) is 2. The maximum atomic E-state index is 12.3. The van der Waals surface area contributed by atoms with Gasteiger partial charge in [-0.3, -0.25) is 14.7 Å². The predicted molar refractivity (Wildman–Crippen MR) is 86.0 cm³/mol. The third kappa shape index (κ3) is 2.97. The summed E-state index contributed by atoms with van der Waals surface area (Å²) in [7, 11) is 0. The highest BCUT2D eigenvalue weighted by molar-refractivity contribution is 8.18. The van der Waals surface area contributed by atoms with Crippen LogP contribution in [0.25, 0.3) is 0 Å². The lowest BCUT2D eigenvalue weighted by atomic mass is 10.3. The molecular formula is C13H11Cl2N3O2S. The van der Waals surface area contributed by atoms with Crippen molar-refractivity contribution in [1.82, 2.24) is 4.90 Å². The molecule has 21 heavy (non-hydrogen) atoms. The third-order valence-corrected chi connectivity index (χ3v) is 4.54. The normalized spacial score (nSPS) is 17.6. The lowest BCUT2D eigenvalue weighted by molar-refractivity contribution is -0.112. The van der Waals surface area contributed by atoms with E-state index in [1.54, 1.807) is 23.1 Å². The van der Waals surface area contributed by atoms with Crippen LogP contribution in [0.1, 0.15) is 6.42 Å². The van der Waals surface area contributed by atoms with Gasteiger partial charge in [-0.05, 0) is 36.4 Å². The molecule has 8 heteroatoms. The summed E-state index contributed by atoms with van der Waals surface area (Å²) in [6.07, 6.45) is 0.854. The molecule has 0 spiro atoms. The average Bonchev–Trinajstić information content (AvgIpc) is 2.76. The van der Waals surface area contributed by atoms with Crippen molar-refractivity contribution < 1.29 is 9.90 Å². The van der Waals surface area contributed by atoms with E-state index >= 15 is 0 Å². The zero-order valence-corrected chi connectivity index (χ0v) is 13.1. The number of aliphatic hydroxyl groups excluding tert-OH is 1. The number of amides is 1. The van der Waals surface area contributed by atoms with Crippen LogP contribution in [0.5, 0.6) is 0 Å². The molecular weight excluding hydrogens is 333 g/mol. The van der Waals surface area contributed by atoms with Crippen LogP contribution in [0.15, 0.2) is 34.0 Å². The fourth-order valence-corrected chi connectivity index (χ4v) is 3.59. The standard InChI is InChI=1S/C13H11Cl2N3O2S/c14-7-4-8(15)6-9(5-7)17-11(19)10-12(20)18-3-1-2-16-13(18)21-10/h4-6,20H,1-3H2,(H,17,19). The van der Waals surface area contributed by atoms with E-state index < -0.39 is 5.91 Å². The van der Waals surface area contributed by atoms with E-state index in [-0.39, 0.29) is 10.8 Å². The van der Waals surface area contributed by atoms with Crippen LogP contribution in [0, 0.1) is 0 Å². The van der Waals surface area contributed by atoms with Crippen LogP contribution >= 0.6 is 35.0 Å². The first-order valence-electron chi connectivity index (χ1n) is 6.25. The monoisotopic (exact) mass is 343 g/mol. The molecule has 0 aromatic heterocycles. The zero-order chi connectivity index (χ0) is 15.0. The lowest BCUT2D eigenvalue weighted by Gasteiger charge is -2.21. The van der Waals surface area contributed by atoms with Crippen LogP contribution in [0.2, 0.25) is 10.0 Å². The molecule has 0 aliphatic carbocycles. The Labute approximate surface area is 135 Å². The number of nitrogens with one attached hydrogen (secondary N) is 1. The molecule has 2 N–H and O–H groups in total. The van der Waals surface area contributed by atoms with E-state index in [2.05, 4.69) is 10.3 Å². The molecule has 1 aromatic rings. The summed E-state index contributed by atoms with van der Waals surface area (Å²) in [5.74, 6) is -0.461. The minimum Gasteiger partial charge on any atom is -0.493 e. The SMILES string of the molecule is O=C(Nc1cc(Cl)cc(Cl)c1)C1=C(O)N2CCCN=C2S1. The van der Waals surface area contributed by atoms with Gasteiger partial charge < -0.3 is 10.4 Å². The molecule has 5 nitrogen and oxygen atoms in total. The summed E-state index contributed by atoms with van der Waals surface area (Å²) in [4.78, 5) is 18.4. The second kappa shape index (κ2) is 5.79. The molecule has 3 rings (SSSR count). The molecule has 0 bridgehead atoms. The molecule has 0 saturated heterocycles. The van der Waals surface area contributed by atoms with E-state index in [4.69, 9.17) is 23.2 Å². The van der Waals surface area contributed by atoms with Gasteiger partial charge in [-0.25, -0.2) is 0 Å². The van der Waals surface area contributed by atoms with Crippen molar-refractivity contribution in [1.29, 1.82) is 0 Å². The van der Waals surface area contributed by atoms with Crippen LogP contribution < -0.4 is 5.32 Å². The maximum Gasteiger partial charge on any atom is 0.268 e. The van der Waals surface area contributed by atoms with Gasteiger partial charge in [-0.2, -0.15) is 0 Å². The number of carbonyl (C=O) groups is 1. The quantitative estimate of drug-likeness (QED) is 0.862. The largest absolute Gasteiger partial charge is 0.493 e. The van der Waals surface area contributed by atoms with E-state index in [0.29, 0.717) is 34.0 Å². The second-order valence-electron chi connectivity index (χ2n) is 4.54. The Hall–Kier alpha value is -1.37. The topological polar surface area (TPSA) is 64.9 Å². The summed E-state index contributed by atoms with van der Waals surface area (Å²) in [5, 5.41) is 14.3. The number of hydrogen-bond donors (Lipinski definition) is 2. The summed E-state index contributed by atoms with van der Waals surface area (Å²) >= 11 is 12.9. The van der Waals surface area contributed by atoms with E-state index in [9.17, 15) is 9.90 Å². The first-order valence-corrected chi connectivity index (χ1v) is 7.82. The van der Waals surface area contributed by atoms with Gasteiger partial charge >= 0.3 is 0 Å². The molecule has 0 fully saturated rings. The highest BCUT2D eigenvalue weighted by Crippen LogP contribution is 2.35. The van der Waals surface area contributed by atoms with Crippen LogP contribution in [0.3, 0.4) is 0 Å². The fraction of sp³-hybridized carbons (Fsp3) is 0.231. The number of halogens is 2. The van der Waals surface area contributed by atoms with Crippen molar-refractivity contribution in [2.75, 3.05) is 18.4 Å². The highest BCUT2D eigenvalue weighted by atomic mass is 35.5. The Kier molecular flexibility index (Phi) is 4.01. The number of thioether (sulfide) groups is 1. The number of aliphatic hydroxyl groups is 1. The zero-order valence-electron chi connectivity index (χ0n) is 10.8. The van der Waals surface area contributed by atoms with Crippen LogP contribution in [-0.4, -0.2) is 34.2 Å². The molecule has 2 aliphatic rings. The third-order valence-electron chi connectivity index (χ3n) is 3.00. The number of amidine groups is 1. The summed E-state index contributed by atoms with van der Waals surface area (Å²) in [6, 6.07) is 4.76. The van der Waals surface area contributed by atoms with Crippen molar-refractivity contribution in [2.45, 2.75) is 6.42 Å². The van der Waals surface area contributed by atoms with Crippen LogP contribution in [-0.2, 0) is 4.79 Å². The van der Waals surface area contributed by atoms with E-state index in [1.165, 1.54) is 11.8 Å². The van der Waals surface area contributed by atoms with E-state index in [1.807, 2.05) is 0 Å². The molecule has 1 amide bonds. The molecule has 2 heterocycles. The van der Waals surface area contributed by atoms with Crippen molar-refractivity contribution >= 4 is 51.7 Å². The van der Waals surface area contributed by atoms with Gasteiger partial charge in [0.25, 0.3) is 5.91 Å².